The van der Waals surface area contributed by atoms with Crippen molar-refractivity contribution in [2.75, 3.05) is 26.2 Å². The molecule has 2 aliphatic heterocycles. The van der Waals surface area contributed by atoms with Gasteiger partial charge in [0.1, 0.15) is 4.90 Å². The summed E-state index contributed by atoms with van der Waals surface area (Å²) in [5, 5.41) is 2.95. The Labute approximate surface area is 159 Å². The Kier molecular flexibility index (Phi) is 6.22. The van der Waals surface area contributed by atoms with Gasteiger partial charge in [0, 0.05) is 31.8 Å². The van der Waals surface area contributed by atoms with E-state index in [4.69, 9.17) is 16.3 Å². The number of nitrogens with one attached hydrogen (secondary N) is 1. The largest absolute Gasteiger partial charge is 0.376 e. The Bertz CT molecular complexity index is 762. The second-order valence-corrected chi connectivity index (χ2v) is 9.41. The molecule has 144 valence electrons. The highest BCUT2D eigenvalue weighted by molar-refractivity contribution is 7.89. The number of hydrogen-bond donors (Lipinski definition) is 1. The highest BCUT2D eigenvalue weighted by Gasteiger charge is 2.31. The first-order valence-corrected chi connectivity index (χ1v) is 10.9. The van der Waals surface area contributed by atoms with Crippen LogP contribution in [0.3, 0.4) is 0 Å². The van der Waals surface area contributed by atoms with Crippen LogP contribution in [0.15, 0.2) is 23.1 Å². The Morgan fingerprint density at radius 2 is 2.15 bits per heavy atom. The van der Waals surface area contributed by atoms with E-state index >= 15 is 0 Å². The van der Waals surface area contributed by atoms with Crippen molar-refractivity contribution in [2.24, 2.45) is 5.92 Å². The minimum atomic E-state index is -3.72. The minimum Gasteiger partial charge on any atom is -0.376 e. The van der Waals surface area contributed by atoms with Gasteiger partial charge in [-0.3, -0.25) is 4.79 Å². The molecule has 2 atom stereocenters. The standard InChI is InChI=1S/C18H25ClN2O4S/c1-13-4-2-8-21(12-13)26(23,24)17-10-14(6-7-16(17)19)18(22)20-11-15-5-3-9-25-15/h6-7,10,13,15H,2-5,8-9,11-12H2,1H3,(H,20,22)/t13-,15-/m0/s1. The van der Waals surface area contributed by atoms with Crippen LogP contribution in [0.25, 0.3) is 0 Å². The van der Waals surface area contributed by atoms with E-state index in [0.717, 1.165) is 32.3 Å². The maximum Gasteiger partial charge on any atom is 0.251 e. The molecule has 0 radical (unpaired) electrons. The minimum absolute atomic E-state index is 0.00182. The number of hydrogen-bond acceptors (Lipinski definition) is 4. The summed E-state index contributed by atoms with van der Waals surface area (Å²) in [6.07, 6.45) is 3.81. The van der Waals surface area contributed by atoms with Crippen LogP contribution in [-0.2, 0) is 14.8 Å². The third-order valence-electron chi connectivity index (χ3n) is 4.95. The number of amides is 1. The van der Waals surface area contributed by atoms with E-state index < -0.39 is 10.0 Å². The van der Waals surface area contributed by atoms with Crippen molar-refractivity contribution >= 4 is 27.5 Å². The van der Waals surface area contributed by atoms with Crippen molar-refractivity contribution in [1.29, 1.82) is 0 Å². The quantitative estimate of drug-likeness (QED) is 0.824. The summed E-state index contributed by atoms with van der Waals surface area (Å²) in [6, 6.07) is 4.40. The molecule has 0 aromatic heterocycles. The molecule has 2 heterocycles. The maximum absolute atomic E-state index is 13.0. The second kappa shape index (κ2) is 8.25. The summed E-state index contributed by atoms with van der Waals surface area (Å²) in [6.45, 7) is 4.15. The predicted molar refractivity (Wildman–Crippen MR) is 99.9 cm³/mol. The lowest BCUT2D eigenvalue weighted by molar-refractivity contribution is 0.0857. The molecule has 8 heteroatoms. The van der Waals surface area contributed by atoms with E-state index in [-0.39, 0.29) is 27.5 Å². The zero-order chi connectivity index (χ0) is 18.7. The van der Waals surface area contributed by atoms with Gasteiger partial charge in [-0.1, -0.05) is 18.5 Å². The van der Waals surface area contributed by atoms with Crippen molar-refractivity contribution in [3.05, 3.63) is 28.8 Å². The van der Waals surface area contributed by atoms with Crippen molar-refractivity contribution < 1.29 is 17.9 Å². The maximum atomic E-state index is 13.0. The fraction of sp³-hybridized carbons (Fsp3) is 0.611. The van der Waals surface area contributed by atoms with Gasteiger partial charge in [0.05, 0.1) is 11.1 Å². The van der Waals surface area contributed by atoms with Crippen molar-refractivity contribution in [2.45, 2.75) is 43.6 Å². The number of carbonyl (C=O) groups excluding carboxylic acids is 1. The molecule has 2 fully saturated rings. The third-order valence-corrected chi connectivity index (χ3v) is 7.29. The molecule has 26 heavy (non-hydrogen) atoms. The molecular weight excluding hydrogens is 376 g/mol. The molecule has 2 aliphatic rings. The average Bonchev–Trinajstić information content (AvgIpc) is 3.13. The van der Waals surface area contributed by atoms with Crippen LogP contribution in [0.5, 0.6) is 0 Å². The van der Waals surface area contributed by atoms with Gasteiger partial charge in [-0.15, -0.1) is 0 Å². The van der Waals surface area contributed by atoms with Crippen LogP contribution in [0.2, 0.25) is 5.02 Å². The molecule has 1 aromatic rings. The molecule has 1 N–H and O–H groups in total. The van der Waals surface area contributed by atoms with Crippen LogP contribution in [0.1, 0.15) is 43.0 Å². The number of nitrogens with zero attached hydrogens (tertiary/aromatic N) is 1. The van der Waals surface area contributed by atoms with Crippen molar-refractivity contribution in [3.8, 4) is 0 Å². The average molecular weight is 401 g/mol. The number of halogens is 1. The molecule has 0 bridgehead atoms. The van der Waals surface area contributed by atoms with Gasteiger partial charge < -0.3 is 10.1 Å². The lowest BCUT2D eigenvalue weighted by atomic mass is 10.0. The number of rotatable bonds is 5. The Hall–Kier alpha value is -1.15. The molecule has 0 aliphatic carbocycles. The fourth-order valence-corrected chi connectivity index (χ4v) is 5.56. The van der Waals surface area contributed by atoms with Crippen LogP contribution >= 0.6 is 11.6 Å². The van der Waals surface area contributed by atoms with E-state index in [9.17, 15) is 13.2 Å². The number of ether oxygens (including phenoxy) is 1. The predicted octanol–water partition coefficient (Wildman–Crippen LogP) is 2.67. The molecule has 2 saturated heterocycles. The van der Waals surface area contributed by atoms with Gasteiger partial charge in [-0.2, -0.15) is 4.31 Å². The molecule has 0 saturated carbocycles. The van der Waals surface area contributed by atoms with E-state index in [0.29, 0.717) is 25.6 Å². The van der Waals surface area contributed by atoms with E-state index in [1.54, 1.807) is 6.07 Å². The highest BCUT2D eigenvalue weighted by atomic mass is 35.5. The van der Waals surface area contributed by atoms with Gasteiger partial charge >= 0.3 is 0 Å². The topological polar surface area (TPSA) is 75.7 Å². The SMILES string of the molecule is C[C@H]1CCCN(S(=O)(=O)c2cc(C(=O)NC[C@@H]3CCCO3)ccc2Cl)C1. The summed E-state index contributed by atoms with van der Waals surface area (Å²) in [5.41, 5.74) is 0.288. The molecular formula is C18H25ClN2O4S. The Balaban J connectivity index is 1.77. The zero-order valence-corrected chi connectivity index (χ0v) is 16.5. The van der Waals surface area contributed by atoms with Crippen molar-refractivity contribution in [1.82, 2.24) is 9.62 Å². The van der Waals surface area contributed by atoms with Crippen LogP contribution in [0, 0.1) is 5.92 Å². The highest BCUT2D eigenvalue weighted by Crippen LogP contribution is 2.29. The zero-order valence-electron chi connectivity index (χ0n) is 14.9. The van der Waals surface area contributed by atoms with Gasteiger partial charge in [0.25, 0.3) is 5.91 Å². The van der Waals surface area contributed by atoms with Gasteiger partial charge in [-0.05, 0) is 49.8 Å². The summed E-state index contributed by atoms with van der Waals surface area (Å²) in [7, 11) is -3.72. The monoisotopic (exact) mass is 400 g/mol. The number of benzene rings is 1. The van der Waals surface area contributed by atoms with E-state index in [1.807, 2.05) is 6.92 Å². The second-order valence-electron chi connectivity index (χ2n) is 7.10. The summed E-state index contributed by atoms with van der Waals surface area (Å²) in [5.74, 6) is -0.00387. The number of carbonyl (C=O) groups is 1. The Morgan fingerprint density at radius 1 is 1.35 bits per heavy atom. The summed E-state index contributed by atoms with van der Waals surface area (Å²) < 4.78 is 32.9. The fourth-order valence-electron chi connectivity index (χ4n) is 3.46. The molecule has 3 rings (SSSR count). The van der Waals surface area contributed by atoms with Gasteiger partial charge in [0.15, 0.2) is 0 Å². The lowest BCUT2D eigenvalue weighted by Crippen LogP contribution is -2.39. The first-order valence-electron chi connectivity index (χ1n) is 9.07. The smallest absolute Gasteiger partial charge is 0.251 e. The van der Waals surface area contributed by atoms with Crippen LogP contribution < -0.4 is 5.32 Å². The summed E-state index contributed by atoms with van der Waals surface area (Å²) >= 11 is 6.16. The Morgan fingerprint density at radius 3 is 2.85 bits per heavy atom. The molecule has 1 aromatic carbocycles. The molecule has 0 unspecified atom stereocenters. The first kappa shape index (κ1) is 19.6. The van der Waals surface area contributed by atoms with E-state index in [1.165, 1.54) is 16.4 Å². The van der Waals surface area contributed by atoms with Crippen molar-refractivity contribution in [3.63, 3.8) is 0 Å². The van der Waals surface area contributed by atoms with Crippen LogP contribution in [0.4, 0.5) is 0 Å². The number of piperidine rings is 1. The van der Waals surface area contributed by atoms with E-state index in [2.05, 4.69) is 5.32 Å². The normalized spacial score (nSPS) is 24.5. The van der Waals surface area contributed by atoms with Crippen LogP contribution in [-0.4, -0.2) is 51.0 Å². The molecule has 0 spiro atoms. The van der Waals surface area contributed by atoms with Gasteiger partial charge in [-0.25, -0.2) is 8.42 Å². The summed E-state index contributed by atoms with van der Waals surface area (Å²) in [4.78, 5) is 12.4. The third kappa shape index (κ3) is 4.39. The van der Waals surface area contributed by atoms with Gasteiger partial charge in [0.2, 0.25) is 10.0 Å². The first-order chi connectivity index (χ1) is 12.4. The number of sulfonamides is 1. The lowest BCUT2D eigenvalue weighted by Gasteiger charge is -2.30. The molecule has 6 nitrogen and oxygen atoms in total. The molecule has 1 amide bonds.